The van der Waals surface area contributed by atoms with Gasteiger partial charge in [0.15, 0.2) is 0 Å². The number of benzene rings is 1. The molecule has 116 valence electrons. The summed E-state index contributed by atoms with van der Waals surface area (Å²) in [5.41, 5.74) is 2.82. The number of urea groups is 1. The molecule has 0 saturated carbocycles. The van der Waals surface area contributed by atoms with Crippen LogP contribution in [0.15, 0.2) is 24.3 Å². The van der Waals surface area contributed by atoms with Gasteiger partial charge < -0.3 is 20.3 Å². The summed E-state index contributed by atoms with van der Waals surface area (Å²) in [7, 11) is 0. The van der Waals surface area contributed by atoms with Crippen molar-refractivity contribution < 1.29 is 14.7 Å². The molecule has 22 heavy (non-hydrogen) atoms. The topological polar surface area (TPSA) is 85.4 Å². The van der Waals surface area contributed by atoms with Crippen molar-refractivity contribution >= 4 is 34.5 Å². The fraction of sp³-hybridized carbons (Fsp3) is 0.333. The second kappa shape index (κ2) is 5.88. The number of aromatic amines is 1. The van der Waals surface area contributed by atoms with Crippen LogP contribution in [-0.2, 0) is 17.8 Å². The van der Waals surface area contributed by atoms with Gasteiger partial charge in [0.1, 0.15) is 6.04 Å². The van der Waals surface area contributed by atoms with Gasteiger partial charge in [0.2, 0.25) is 0 Å². The van der Waals surface area contributed by atoms with Gasteiger partial charge in [-0.2, -0.15) is 0 Å². The van der Waals surface area contributed by atoms with E-state index < -0.39 is 18.0 Å². The number of H-pyrrole nitrogens is 1. The van der Waals surface area contributed by atoms with Crippen LogP contribution in [0, 0.1) is 0 Å². The Morgan fingerprint density at radius 1 is 1.41 bits per heavy atom. The van der Waals surface area contributed by atoms with Crippen molar-refractivity contribution in [2.45, 2.75) is 19.0 Å². The van der Waals surface area contributed by atoms with Crippen LogP contribution >= 0.6 is 11.6 Å². The van der Waals surface area contributed by atoms with Gasteiger partial charge in [-0.15, -0.1) is 11.6 Å². The fourth-order valence-electron chi connectivity index (χ4n) is 2.90. The largest absolute Gasteiger partial charge is 0.480 e. The Morgan fingerprint density at radius 3 is 2.91 bits per heavy atom. The number of carbonyl (C=O) groups excluding carboxylic acids is 1. The molecule has 0 bridgehead atoms. The molecule has 0 aliphatic carbocycles. The van der Waals surface area contributed by atoms with E-state index >= 15 is 0 Å². The molecule has 0 radical (unpaired) electrons. The van der Waals surface area contributed by atoms with Crippen molar-refractivity contribution in [2.75, 3.05) is 12.4 Å². The SMILES string of the molecule is O=C(O)C1Cc2c([nH]c3ccccc23)CN1C(=O)NCCCl. The highest BCUT2D eigenvalue weighted by Crippen LogP contribution is 2.30. The first-order valence-corrected chi connectivity index (χ1v) is 7.57. The highest BCUT2D eigenvalue weighted by molar-refractivity contribution is 6.18. The van der Waals surface area contributed by atoms with E-state index in [9.17, 15) is 14.7 Å². The first-order chi connectivity index (χ1) is 10.6. The zero-order valence-electron chi connectivity index (χ0n) is 11.8. The summed E-state index contributed by atoms with van der Waals surface area (Å²) in [4.78, 5) is 28.3. The molecule has 0 spiro atoms. The van der Waals surface area contributed by atoms with Crippen LogP contribution in [0.5, 0.6) is 0 Å². The van der Waals surface area contributed by atoms with Gasteiger partial charge in [0.05, 0.1) is 6.54 Å². The second-order valence-corrected chi connectivity index (χ2v) is 5.61. The first kappa shape index (κ1) is 14.7. The number of para-hydroxylation sites is 1. The number of carboxylic acids is 1. The molecule has 1 aliphatic rings. The molecule has 3 rings (SSSR count). The third-order valence-electron chi connectivity index (χ3n) is 3.92. The number of fused-ring (bicyclic) bond motifs is 3. The highest BCUT2D eigenvalue weighted by Gasteiger charge is 2.36. The Labute approximate surface area is 132 Å². The van der Waals surface area contributed by atoms with E-state index in [4.69, 9.17) is 11.6 Å². The van der Waals surface area contributed by atoms with Gasteiger partial charge >= 0.3 is 12.0 Å². The standard InChI is InChI=1S/C15H16ClN3O3/c16-5-6-17-15(22)19-8-12-10(7-13(19)14(20)21)9-3-1-2-4-11(9)18-12/h1-4,13,18H,5-8H2,(H,17,22)(H,20,21). The summed E-state index contributed by atoms with van der Waals surface area (Å²) < 4.78 is 0. The minimum Gasteiger partial charge on any atom is -0.480 e. The second-order valence-electron chi connectivity index (χ2n) is 5.23. The number of hydrogen-bond donors (Lipinski definition) is 3. The van der Waals surface area contributed by atoms with Crippen LogP contribution in [0.2, 0.25) is 0 Å². The average Bonchev–Trinajstić information content (AvgIpc) is 2.88. The molecular formula is C15H16ClN3O3. The molecule has 1 aromatic carbocycles. The molecular weight excluding hydrogens is 306 g/mol. The summed E-state index contributed by atoms with van der Waals surface area (Å²) in [6.07, 6.45) is 0.295. The van der Waals surface area contributed by atoms with Crippen molar-refractivity contribution in [1.82, 2.24) is 15.2 Å². The lowest BCUT2D eigenvalue weighted by atomic mass is 9.97. The van der Waals surface area contributed by atoms with Crippen LogP contribution in [0.1, 0.15) is 11.3 Å². The molecule has 6 nitrogen and oxygen atoms in total. The van der Waals surface area contributed by atoms with Crippen LogP contribution in [0.25, 0.3) is 10.9 Å². The van der Waals surface area contributed by atoms with E-state index in [2.05, 4.69) is 10.3 Å². The predicted octanol–water partition coefficient (Wildman–Crippen LogP) is 1.93. The summed E-state index contributed by atoms with van der Waals surface area (Å²) in [6.45, 7) is 0.553. The van der Waals surface area contributed by atoms with E-state index in [1.165, 1.54) is 4.90 Å². The molecule has 1 atom stereocenters. The third-order valence-corrected chi connectivity index (χ3v) is 4.11. The Balaban J connectivity index is 1.96. The summed E-state index contributed by atoms with van der Waals surface area (Å²) in [5, 5.41) is 13.1. The lowest BCUT2D eigenvalue weighted by Crippen LogP contribution is -2.52. The first-order valence-electron chi connectivity index (χ1n) is 7.03. The summed E-state index contributed by atoms with van der Waals surface area (Å²) in [6, 6.07) is 6.48. The maximum atomic E-state index is 12.2. The molecule has 2 heterocycles. The fourth-order valence-corrected chi connectivity index (χ4v) is 2.99. The summed E-state index contributed by atoms with van der Waals surface area (Å²) >= 11 is 5.56. The number of carbonyl (C=O) groups is 2. The number of amides is 2. The van der Waals surface area contributed by atoms with Crippen LogP contribution < -0.4 is 5.32 Å². The Hall–Kier alpha value is -2.21. The average molecular weight is 322 g/mol. The van der Waals surface area contributed by atoms with Gasteiger partial charge in [-0.1, -0.05) is 18.2 Å². The Bertz CT molecular complexity index is 728. The molecule has 2 aromatic rings. The van der Waals surface area contributed by atoms with Crippen LogP contribution in [0.4, 0.5) is 4.79 Å². The third kappa shape index (κ3) is 2.50. The number of carboxylic acid groups (broad SMARTS) is 1. The van der Waals surface area contributed by atoms with Crippen LogP contribution in [-0.4, -0.2) is 45.5 Å². The smallest absolute Gasteiger partial charge is 0.326 e. The molecule has 0 fully saturated rings. The number of rotatable bonds is 3. The number of halogens is 1. The molecule has 1 unspecified atom stereocenters. The van der Waals surface area contributed by atoms with Crippen molar-refractivity contribution in [1.29, 1.82) is 0 Å². The zero-order valence-corrected chi connectivity index (χ0v) is 12.6. The maximum Gasteiger partial charge on any atom is 0.326 e. The molecule has 1 aromatic heterocycles. The highest BCUT2D eigenvalue weighted by atomic mass is 35.5. The minimum atomic E-state index is -1.00. The number of aromatic nitrogens is 1. The minimum absolute atomic E-state index is 0.245. The molecule has 1 aliphatic heterocycles. The molecule has 0 saturated heterocycles. The van der Waals surface area contributed by atoms with Gasteiger partial charge in [0, 0.05) is 35.4 Å². The molecule has 3 N–H and O–H groups in total. The number of alkyl halides is 1. The molecule has 7 heteroatoms. The lowest BCUT2D eigenvalue weighted by Gasteiger charge is -2.33. The van der Waals surface area contributed by atoms with E-state index in [-0.39, 0.29) is 12.4 Å². The maximum absolute atomic E-state index is 12.2. The van der Waals surface area contributed by atoms with Crippen molar-refractivity contribution in [3.8, 4) is 0 Å². The molecule has 2 amide bonds. The normalized spacial score (nSPS) is 17.3. The lowest BCUT2D eigenvalue weighted by molar-refractivity contribution is -0.142. The zero-order chi connectivity index (χ0) is 15.7. The van der Waals surface area contributed by atoms with Gasteiger partial charge in [0.25, 0.3) is 0 Å². The van der Waals surface area contributed by atoms with Gasteiger partial charge in [-0.3, -0.25) is 0 Å². The van der Waals surface area contributed by atoms with E-state index in [1.54, 1.807) is 0 Å². The number of hydrogen-bond acceptors (Lipinski definition) is 2. The number of aliphatic carboxylic acids is 1. The van der Waals surface area contributed by atoms with Crippen molar-refractivity contribution in [3.05, 3.63) is 35.5 Å². The van der Waals surface area contributed by atoms with E-state index in [1.807, 2.05) is 24.3 Å². The quantitative estimate of drug-likeness (QED) is 0.755. The van der Waals surface area contributed by atoms with Crippen molar-refractivity contribution in [2.24, 2.45) is 0 Å². The van der Waals surface area contributed by atoms with Gasteiger partial charge in [-0.25, -0.2) is 9.59 Å². The Kier molecular flexibility index (Phi) is 3.94. The van der Waals surface area contributed by atoms with Gasteiger partial charge in [-0.05, 0) is 11.6 Å². The van der Waals surface area contributed by atoms with E-state index in [0.717, 1.165) is 22.2 Å². The van der Waals surface area contributed by atoms with Crippen molar-refractivity contribution in [3.63, 3.8) is 0 Å². The Morgan fingerprint density at radius 2 is 2.18 bits per heavy atom. The summed E-state index contributed by atoms with van der Waals surface area (Å²) in [5.74, 6) is -0.716. The van der Waals surface area contributed by atoms with E-state index in [0.29, 0.717) is 13.0 Å². The van der Waals surface area contributed by atoms with Crippen LogP contribution in [0.3, 0.4) is 0 Å². The number of nitrogens with zero attached hydrogens (tertiary/aromatic N) is 1. The number of nitrogens with one attached hydrogen (secondary N) is 2. The predicted molar refractivity (Wildman–Crippen MR) is 83.1 cm³/mol. The monoisotopic (exact) mass is 321 g/mol.